The van der Waals surface area contributed by atoms with Gasteiger partial charge in [-0.05, 0) is 62.4 Å². The maximum Gasteiger partial charge on any atom is 0.273 e. The smallest absolute Gasteiger partial charge is 0.273 e. The van der Waals surface area contributed by atoms with Gasteiger partial charge in [0.05, 0.1) is 11.9 Å². The Labute approximate surface area is 225 Å². The summed E-state index contributed by atoms with van der Waals surface area (Å²) in [6.45, 7) is 7.13. The SMILES string of the molecule is C/C=C/N=C(/C(F)=C/n1c(C)cc(C(C)Cc2nn(C)cc2C)c(Cl)c1=O)c1cccc(S(C)(=O)=O)c1F. The molecule has 0 aliphatic carbocycles. The Morgan fingerprint density at radius 1 is 1.29 bits per heavy atom. The molecule has 0 fully saturated rings. The van der Waals surface area contributed by atoms with Gasteiger partial charge in [-0.2, -0.15) is 5.10 Å². The lowest BCUT2D eigenvalue weighted by atomic mass is 9.95. The molecule has 202 valence electrons. The van der Waals surface area contributed by atoms with E-state index in [4.69, 9.17) is 11.6 Å². The van der Waals surface area contributed by atoms with Gasteiger partial charge in [-0.15, -0.1) is 0 Å². The highest BCUT2D eigenvalue weighted by atomic mass is 35.5. The number of nitrogens with zero attached hydrogens (tertiary/aromatic N) is 4. The van der Waals surface area contributed by atoms with E-state index in [0.717, 1.165) is 34.3 Å². The van der Waals surface area contributed by atoms with E-state index >= 15 is 8.78 Å². The first-order valence-corrected chi connectivity index (χ1v) is 14.0. The monoisotopic (exact) mass is 562 g/mol. The zero-order valence-corrected chi connectivity index (χ0v) is 23.5. The molecule has 0 N–H and O–H groups in total. The number of benzene rings is 1. The van der Waals surface area contributed by atoms with E-state index in [2.05, 4.69) is 10.1 Å². The van der Waals surface area contributed by atoms with Crippen molar-refractivity contribution in [3.63, 3.8) is 0 Å². The van der Waals surface area contributed by atoms with Crippen LogP contribution in [0.4, 0.5) is 8.78 Å². The summed E-state index contributed by atoms with van der Waals surface area (Å²) in [5.41, 5.74) is 1.39. The van der Waals surface area contributed by atoms with Gasteiger partial charge in [0.1, 0.15) is 15.6 Å². The van der Waals surface area contributed by atoms with Crippen LogP contribution in [-0.2, 0) is 23.3 Å². The second-order valence-corrected chi connectivity index (χ2v) is 11.5. The van der Waals surface area contributed by atoms with Crippen LogP contribution in [0.15, 0.2) is 63.2 Å². The molecule has 1 aromatic carbocycles. The van der Waals surface area contributed by atoms with Gasteiger partial charge in [-0.3, -0.25) is 19.0 Å². The highest BCUT2D eigenvalue weighted by Gasteiger charge is 2.23. The largest absolute Gasteiger partial charge is 0.284 e. The van der Waals surface area contributed by atoms with Crippen LogP contribution in [0.1, 0.15) is 47.8 Å². The van der Waals surface area contributed by atoms with Crippen LogP contribution >= 0.6 is 11.6 Å². The molecule has 0 saturated carbocycles. The molecule has 2 aromatic heterocycles. The van der Waals surface area contributed by atoms with Crippen LogP contribution < -0.4 is 5.56 Å². The molecule has 7 nitrogen and oxygen atoms in total. The van der Waals surface area contributed by atoms with Crippen molar-refractivity contribution in [3.8, 4) is 0 Å². The van der Waals surface area contributed by atoms with Crippen molar-refractivity contribution >= 4 is 33.3 Å². The normalized spacial score (nSPS) is 13.9. The average Bonchev–Trinajstić information content (AvgIpc) is 3.15. The van der Waals surface area contributed by atoms with E-state index in [1.807, 2.05) is 27.1 Å². The Morgan fingerprint density at radius 2 is 1.97 bits per heavy atom. The minimum absolute atomic E-state index is 0.0714. The molecular formula is C27H29ClF2N4O3S. The molecule has 0 bridgehead atoms. The van der Waals surface area contributed by atoms with E-state index in [9.17, 15) is 13.2 Å². The quantitative estimate of drug-likeness (QED) is 0.338. The fraction of sp³-hybridized carbons (Fsp3) is 0.296. The Morgan fingerprint density at radius 3 is 2.55 bits per heavy atom. The van der Waals surface area contributed by atoms with Crippen molar-refractivity contribution in [2.45, 2.75) is 44.9 Å². The summed E-state index contributed by atoms with van der Waals surface area (Å²) in [5.74, 6) is -2.35. The molecule has 3 rings (SSSR count). The van der Waals surface area contributed by atoms with Crippen molar-refractivity contribution in [1.82, 2.24) is 14.3 Å². The van der Waals surface area contributed by atoms with E-state index in [1.54, 1.807) is 24.6 Å². The third-order valence-electron chi connectivity index (χ3n) is 5.99. The minimum Gasteiger partial charge on any atom is -0.284 e. The van der Waals surface area contributed by atoms with Gasteiger partial charge < -0.3 is 0 Å². The topological polar surface area (TPSA) is 86.3 Å². The van der Waals surface area contributed by atoms with E-state index < -0.39 is 37.6 Å². The molecule has 0 aliphatic rings. The molecule has 0 radical (unpaired) electrons. The molecular weight excluding hydrogens is 534 g/mol. The van der Waals surface area contributed by atoms with Crippen LogP contribution in [0.3, 0.4) is 0 Å². The van der Waals surface area contributed by atoms with Gasteiger partial charge in [-0.1, -0.05) is 30.7 Å². The average molecular weight is 563 g/mol. The Balaban J connectivity index is 2.09. The number of hydrogen-bond donors (Lipinski definition) is 0. The maximum absolute atomic E-state index is 15.6. The lowest BCUT2D eigenvalue weighted by Crippen LogP contribution is -2.22. The van der Waals surface area contributed by atoms with Crippen molar-refractivity contribution in [3.05, 3.63) is 97.8 Å². The van der Waals surface area contributed by atoms with Crippen molar-refractivity contribution in [2.24, 2.45) is 12.0 Å². The van der Waals surface area contributed by atoms with Gasteiger partial charge in [0.2, 0.25) is 0 Å². The number of rotatable bonds is 8. The molecule has 0 spiro atoms. The predicted octanol–water partition coefficient (Wildman–Crippen LogP) is 5.53. The predicted molar refractivity (Wildman–Crippen MR) is 147 cm³/mol. The minimum atomic E-state index is -3.92. The van der Waals surface area contributed by atoms with Crippen LogP contribution in [0.2, 0.25) is 5.02 Å². The molecule has 2 heterocycles. The summed E-state index contributed by atoms with van der Waals surface area (Å²) >= 11 is 6.46. The lowest BCUT2D eigenvalue weighted by molar-refractivity contribution is 0.568. The number of halogens is 3. The third-order valence-corrected chi connectivity index (χ3v) is 7.48. The molecule has 38 heavy (non-hydrogen) atoms. The second-order valence-electron chi connectivity index (χ2n) is 9.09. The number of aliphatic imine (C=N–C) groups is 1. The lowest BCUT2D eigenvalue weighted by Gasteiger charge is -2.16. The summed E-state index contributed by atoms with van der Waals surface area (Å²) in [4.78, 5) is 16.6. The first-order chi connectivity index (χ1) is 17.8. The first kappa shape index (κ1) is 29.2. The Hall–Kier alpha value is -3.37. The maximum atomic E-state index is 15.6. The summed E-state index contributed by atoms with van der Waals surface area (Å²) in [6.07, 6.45) is 6.92. The molecule has 0 amide bonds. The number of aryl methyl sites for hydroxylation is 3. The number of pyridine rings is 1. The highest BCUT2D eigenvalue weighted by molar-refractivity contribution is 7.90. The third kappa shape index (κ3) is 6.19. The zero-order valence-electron chi connectivity index (χ0n) is 22.0. The standard InChI is InChI=1S/C27H29ClF2N4O3S/c1-7-11-31-26(19-9-8-10-23(25(19)30)38(6,36)37)21(29)15-34-18(4)13-20(24(28)27(34)35)16(2)12-22-17(3)14-33(5)32-22/h7-11,13-16H,12H2,1-6H3/b11-7+,21-15-,31-26+. The van der Waals surface area contributed by atoms with Crippen LogP contribution in [0, 0.1) is 19.7 Å². The molecule has 0 saturated heterocycles. The van der Waals surface area contributed by atoms with Gasteiger partial charge in [0.25, 0.3) is 5.56 Å². The van der Waals surface area contributed by atoms with Crippen LogP contribution in [0.5, 0.6) is 0 Å². The van der Waals surface area contributed by atoms with Gasteiger partial charge in [0.15, 0.2) is 21.5 Å². The molecule has 1 unspecified atom stereocenters. The molecule has 1 atom stereocenters. The van der Waals surface area contributed by atoms with Gasteiger partial charge in [0, 0.05) is 37.0 Å². The Kier molecular flexibility index (Phi) is 8.89. The van der Waals surface area contributed by atoms with Crippen LogP contribution in [-0.4, -0.2) is 34.7 Å². The number of hydrogen-bond acceptors (Lipinski definition) is 5. The fourth-order valence-corrected chi connectivity index (χ4v) is 5.18. The van der Waals surface area contributed by atoms with Crippen molar-refractivity contribution in [1.29, 1.82) is 0 Å². The zero-order chi connectivity index (χ0) is 28.4. The second kappa shape index (κ2) is 11.6. The fourth-order valence-electron chi connectivity index (χ4n) is 4.08. The van der Waals surface area contributed by atoms with Crippen molar-refractivity contribution < 1.29 is 17.2 Å². The van der Waals surface area contributed by atoms with Crippen LogP contribution in [0.25, 0.3) is 6.20 Å². The van der Waals surface area contributed by atoms with Gasteiger partial charge >= 0.3 is 0 Å². The summed E-state index contributed by atoms with van der Waals surface area (Å²) < 4.78 is 57.5. The Bertz CT molecular complexity index is 1640. The van der Waals surface area contributed by atoms with E-state index in [1.165, 1.54) is 24.4 Å². The number of sulfone groups is 1. The summed E-state index contributed by atoms with van der Waals surface area (Å²) in [6, 6.07) is 5.29. The van der Waals surface area contributed by atoms with Gasteiger partial charge in [-0.25, -0.2) is 17.2 Å². The summed E-state index contributed by atoms with van der Waals surface area (Å²) in [5, 5.41) is 4.38. The molecule has 0 aliphatic heterocycles. The number of allylic oxidation sites excluding steroid dienone is 2. The van der Waals surface area contributed by atoms with E-state index in [0.29, 0.717) is 17.7 Å². The molecule has 11 heteroatoms. The van der Waals surface area contributed by atoms with Crippen molar-refractivity contribution in [2.75, 3.05) is 6.26 Å². The summed E-state index contributed by atoms with van der Waals surface area (Å²) in [7, 11) is -2.09. The number of aromatic nitrogens is 3. The molecule has 3 aromatic rings. The first-order valence-electron chi connectivity index (χ1n) is 11.7. The highest BCUT2D eigenvalue weighted by Crippen LogP contribution is 2.27. The van der Waals surface area contributed by atoms with E-state index in [-0.39, 0.29) is 16.5 Å².